The second-order valence-corrected chi connectivity index (χ2v) is 5.62. The fourth-order valence-corrected chi connectivity index (χ4v) is 2.91. The largest absolute Gasteiger partial charge is 0.378 e. The molecule has 2 heteroatoms. The molecule has 5 unspecified atom stereocenters. The first kappa shape index (κ1) is 11.4. The molecule has 0 bridgehead atoms. The summed E-state index contributed by atoms with van der Waals surface area (Å²) in [6.45, 7) is 5.15. The molecule has 1 aliphatic heterocycles. The van der Waals surface area contributed by atoms with Crippen molar-refractivity contribution in [2.75, 3.05) is 6.61 Å². The molecule has 15 heavy (non-hydrogen) atoms. The third-order valence-corrected chi connectivity index (χ3v) is 4.20. The quantitative estimate of drug-likeness (QED) is 0.648. The van der Waals surface area contributed by atoms with Crippen molar-refractivity contribution in [3.05, 3.63) is 0 Å². The average molecular weight is 214 g/mol. The van der Waals surface area contributed by atoms with Gasteiger partial charge >= 0.3 is 0 Å². The van der Waals surface area contributed by atoms with Gasteiger partial charge in [0.25, 0.3) is 0 Å². The first-order valence-corrected chi connectivity index (χ1v) is 6.42. The summed E-state index contributed by atoms with van der Waals surface area (Å²) >= 11 is 0. The van der Waals surface area contributed by atoms with E-state index in [-0.39, 0.29) is 5.92 Å². The molecule has 88 valence electrons. The van der Waals surface area contributed by atoms with E-state index >= 15 is 0 Å². The lowest BCUT2D eigenvalue weighted by atomic mass is 9.77. The van der Waals surface area contributed by atoms with Gasteiger partial charge in [-0.15, -0.1) is 0 Å². The minimum atomic E-state index is -0.591. The average Bonchev–Trinajstić information content (AvgIpc) is 2.23. The Balaban J connectivity index is 1.84. The van der Waals surface area contributed by atoms with Crippen molar-refractivity contribution < 1.29 is 9.13 Å². The molecule has 5 atom stereocenters. The Hall–Kier alpha value is -0.110. The second-order valence-electron chi connectivity index (χ2n) is 5.62. The Morgan fingerprint density at radius 2 is 1.87 bits per heavy atom. The van der Waals surface area contributed by atoms with Crippen LogP contribution in [-0.2, 0) is 4.74 Å². The molecular formula is C13H23FO. The van der Waals surface area contributed by atoms with Gasteiger partial charge in [-0.1, -0.05) is 13.8 Å². The fraction of sp³-hybridized carbons (Fsp3) is 1.00. The van der Waals surface area contributed by atoms with Gasteiger partial charge in [0.15, 0.2) is 0 Å². The highest BCUT2D eigenvalue weighted by Crippen LogP contribution is 2.36. The molecule has 2 aliphatic rings. The van der Waals surface area contributed by atoms with Gasteiger partial charge in [-0.3, -0.25) is 0 Å². The number of alkyl halides is 1. The Morgan fingerprint density at radius 3 is 2.47 bits per heavy atom. The summed E-state index contributed by atoms with van der Waals surface area (Å²) in [7, 11) is 0. The van der Waals surface area contributed by atoms with Gasteiger partial charge in [0.1, 0.15) is 6.17 Å². The first-order chi connectivity index (χ1) is 7.16. The standard InChI is InChI=1S/C13H23FO/c1-9-3-6-13(15-8-9)11-5-4-10(2)12(14)7-11/h9-13H,3-8H2,1-2H3. The lowest BCUT2D eigenvalue weighted by Crippen LogP contribution is -2.36. The van der Waals surface area contributed by atoms with E-state index in [1.54, 1.807) is 0 Å². The monoisotopic (exact) mass is 214 g/mol. The minimum Gasteiger partial charge on any atom is -0.378 e. The summed E-state index contributed by atoms with van der Waals surface area (Å²) in [6, 6.07) is 0. The Labute approximate surface area is 92.4 Å². The van der Waals surface area contributed by atoms with E-state index in [0.717, 1.165) is 25.9 Å². The molecule has 0 aromatic heterocycles. The van der Waals surface area contributed by atoms with Crippen LogP contribution in [-0.4, -0.2) is 18.9 Å². The molecule has 0 spiro atoms. The third-order valence-electron chi connectivity index (χ3n) is 4.20. The molecule has 0 N–H and O–H groups in total. The molecule has 2 rings (SSSR count). The van der Waals surface area contributed by atoms with Crippen molar-refractivity contribution in [3.8, 4) is 0 Å². The van der Waals surface area contributed by atoms with Gasteiger partial charge < -0.3 is 4.74 Å². The van der Waals surface area contributed by atoms with E-state index < -0.39 is 6.17 Å². The maximum absolute atomic E-state index is 13.6. The zero-order valence-corrected chi connectivity index (χ0v) is 9.92. The number of hydrogen-bond acceptors (Lipinski definition) is 1. The summed E-state index contributed by atoms with van der Waals surface area (Å²) in [4.78, 5) is 0. The molecule has 2 fully saturated rings. The maximum atomic E-state index is 13.6. The van der Waals surface area contributed by atoms with Crippen LogP contribution >= 0.6 is 0 Å². The molecule has 1 nitrogen and oxygen atoms in total. The van der Waals surface area contributed by atoms with Crippen molar-refractivity contribution >= 4 is 0 Å². The maximum Gasteiger partial charge on any atom is 0.103 e. The predicted octanol–water partition coefficient (Wildman–Crippen LogP) is 3.58. The summed E-state index contributed by atoms with van der Waals surface area (Å²) in [5.41, 5.74) is 0. The van der Waals surface area contributed by atoms with Gasteiger partial charge in [0.2, 0.25) is 0 Å². The highest BCUT2D eigenvalue weighted by molar-refractivity contribution is 4.84. The second kappa shape index (κ2) is 4.82. The number of rotatable bonds is 1. The van der Waals surface area contributed by atoms with Gasteiger partial charge in [-0.05, 0) is 49.9 Å². The smallest absolute Gasteiger partial charge is 0.103 e. The van der Waals surface area contributed by atoms with Gasteiger partial charge in [-0.25, -0.2) is 4.39 Å². The Morgan fingerprint density at radius 1 is 1.07 bits per heavy atom. The van der Waals surface area contributed by atoms with Crippen LogP contribution in [0.15, 0.2) is 0 Å². The van der Waals surface area contributed by atoms with E-state index in [9.17, 15) is 4.39 Å². The van der Waals surface area contributed by atoms with Crippen molar-refractivity contribution in [1.29, 1.82) is 0 Å². The lowest BCUT2D eigenvalue weighted by molar-refractivity contribution is -0.0631. The van der Waals surface area contributed by atoms with Gasteiger partial charge in [0.05, 0.1) is 6.10 Å². The molecule has 0 radical (unpaired) electrons. The molecule has 0 amide bonds. The molecule has 0 aromatic rings. The van der Waals surface area contributed by atoms with Crippen LogP contribution in [0.1, 0.15) is 46.0 Å². The van der Waals surface area contributed by atoms with Crippen LogP contribution in [0.2, 0.25) is 0 Å². The van der Waals surface area contributed by atoms with Gasteiger partial charge in [0, 0.05) is 6.61 Å². The molecule has 1 saturated heterocycles. The number of hydrogen-bond donors (Lipinski definition) is 0. The number of ether oxygens (including phenoxy) is 1. The van der Waals surface area contributed by atoms with E-state index in [1.165, 1.54) is 12.8 Å². The van der Waals surface area contributed by atoms with Crippen LogP contribution in [0.3, 0.4) is 0 Å². The minimum absolute atomic E-state index is 0.267. The predicted molar refractivity (Wildman–Crippen MR) is 59.5 cm³/mol. The highest BCUT2D eigenvalue weighted by Gasteiger charge is 2.34. The zero-order chi connectivity index (χ0) is 10.8. The normalized spacial score (nSPS) is 47.8. The van der Waals surface area contributed by atoms with Crippen molar-refractivity contribution in [3.63, 3.8) is 0 Å². The Bertz CT molecular complexity index is 199. The third kappa shape index (κ3) is 2.72. The van der Waals surface area contributed by atoms with E-state index in [2.05, 4.69) is 6.92 Å². The molecule has 0 aromatic carbocycles. The van der Waals surface area contributed by atoms with Crippen molar-refractivity contribution in [1.82, 2.24) is 0 Å². The highest BCUT2D eigenvalue weighted by atomic mass is 19.1. The summed E-state index contributed by atoms with van der Waals surface area (Å²) < 4.78 is 19.4. The van der Waals surface area contributed by atoms with Crippen molar-refractivity contribution in [2.45, 2.75) is 58.2 Å². The van der Waals surface area contributed by atoms with Crippen molar-refractivity contribution in [2.24, 2.45) is 17.8 Å². The summed E-state index contributed by atoms with van der Waals surface area (Å²) in [6.07, 6.45) is 5.11. The van der Waals surface area contributed by atoms with E-state index in [1.807, 2.05) is 6.92 Å². The fourth-order valence-electron chi connectivity index (χ4n) is 2.91. The van der Waals surface area contributed by atoms with Crippen LogP contribution in [0.5, 0.6) is 0 Å². The lowest BCUT2D eigenvalue weighted by Gasteiger charge is -2.37. The zero-order valence-electron chi connectivity index (χ0n) is 9.92. The summed E-state index contributed by atoms with van der Waals surface area (Å²) in [5.74, 6) is 1.46. The van der Waals surface area contributed by atoms with E-state index in [0.29, 0.717) is 17.9 Å². The topological polar surface area (TPSA) is 9.23 Å². The van der Waals surface area contributed by atoms with Crippen LogP contribution in [0, 0.1) is 17.8 Å². The van der Waals surface area contributed by atoms with E-state index in [4.69, 9.17) is 4.74 Å². The molecule has 1 aliphatic carbocycles. The summed E-state index contributed by atoms with van der Waals surface area (Å²) in [5, 5.41) is 0. The SMILES string of the molecule is CC1CCC(C2CCC(C)C(F)C2)OC1. The van der Waals surface area contributed by atoms with Gasteiger partial charge in [-0.2, -0.15) is 0 Å². The molecular weight excluding hydrogens is 191 g/mol. The number of halogens is 1. The van der Waals surface area contributed by atoms with Crippen LogP contribution in [0.25, 0.3) is 0 Å². The molecule has 1 saturated carbocycles. The first-order valence-electron chi connectivity index (χ1n) is 6.42. The van der Waals surface area contributed by atoms with Crippen LogP contribution < -0.4 is 0 Å². The molecule has 1 heterocycles. The Kier molecular flexibility index (Phi) is 3.65. The van der Waals surface area contributed by atoms with Crippen LogP contribution in [0.4, 0.5) is 4.39 Å².